The van der Waals surface area contributed by atoms with Crippen molar-refractivity contribution >= 4 is 86.8 Å². The fraction of sp³-hybridized carbons (Fsp3) is 0.0286. The predicted molar refractivity (Wildman–Crippen MR) is 473 cm³/mol. The molecular weight excluding hydrogens is 1390 g/mol. The zero-order chi connectivity index (χ0) is 75.4. The molecule has 0 radical (unpaired) electrons. The SMILES string of the molecule is Cc1ccc2c(c1)c1ccccc1n2-c1ccc(-c2cc(-c3ccc(-n4c5ccccc5c5cc(C)ccc54)cc3)c3sc(=O)cc(-c4cc(-c5cc(-c6ccccc6)nc(-c6ccccc6)c5)nc(-c5cc(-c6ccccc6)nc(-c6ccccc6)c5)c4)c3c2-c2ccc(-n3c4ccccc4c4cc(C)ccc43)cc2)cc1. The van der Waals surface area contributed by atoms with Crippen LogP contribution in [0.3, 0.4) is 0 Å². The van der Waals surface area contributed by atoms with Gasteiger partial charge in [-0.2, -0.15) is 0 Å². The van der Waals surface area contributed by atoms with E-state index in [1.807, 2.05) is 30.3 Å². The highest BCUT2D eigenvalue weighted by molar-refractivity contribution is 7.17. The smallest absolute Gasteiger partial charge is 0.233 e. The molecule has 532 valence electrons. The second-order valence-electron chi connectivity index (χ2n) is 29.6. The Morgan fingerprint density at radius 1 is 0.230 bits per heavy atom. The summed E-state index contributed by atoms with van der Waals surface area (Å²) >= 11 is 1.30. The molecule has 21 rings (SSSR count). The van der Waals surface area contributed by atoms with E-state index in [0.717, 1.165) is 161 Å². The third-order valence-corrected chi connectivity index (χ3v) is 23.4. The van der Waals surface area contributed by atoms with Gasteiger partial charge in [-0.3, -0.25) is 4.79 Å². The summed E-state index contributed by atoms with van der Waals surface area (Å²) in [7, 11) is 0. The fourth-order valence-electron chi connectivity index (χ4n) is 17.1. The molecule has 0 spiro atoms. The topological polar surface area (TPSA) is 70.5 Å². The van der Waals surface area contributed by atoms with Crippen molar-refractivity contribution in [3.8, 4) is 129 Å². The maximum Gasteiger partial charge on any atom is 0.233 e. The van der Waals surface area contributed by atoms with Crippen molar-refractivity contribution in [1.29, 1.82) is 0 Å². The van der Waals surface area contributed by atoms with Crippen LogP contribution in [0.15, 0.2) is 375 Å². The van der Waals surface area contributed by atoms with Gasteiger partial charge in [-0.25, -0.2) is 15.0 Å². The number of nitrogens with zero attached hydrogens (tertiary/aromatic N) is 6. The summed E-state index contributed by atoms with van der Waals surface area (Å²) in [6.07, 6.45) is 0. The van der Waals surface area contributed by atoms with E-state index >= 15 is 4.79 Å². The van der Waals surface area contributed by atoms with Crippen LogP contribution in [0.4, 0.5) is 0 Å². The van der Waals surface area contributed by atoms with Crippen molar-refractivity contribution in [1.82, 2.24) is 28.7 Å². The van der Waals surface area contributed by atoms with Crippen molar-refractivity contribution in [2.24, 2.45) is 0 Å². The minimum atomic E-state index is -0.0875. The van der Waals surface area contributed by atoms with Crippen LogP contribution in [0.1, 0.15) is 16.7 Å². The highest BCUT2D eigenvalue weighted by Gasteiger charge is 2.26. The molecule has 0 aliphatic carbocycles. The van der Waals surface area contributed by atoms with Gasteiger partial charge in [0.1, 0.15) is 0 Å². The molecule has 0 amide bonds. The van der Waals surface area contributed by atoms with Crippen molar-refractivity contribution in [3.05, 3.63) is 396 Å². The highest BCUT2D eigenvalue weighted by Crippen LogP contribution is 2.50. The Bertz CT molecular complexity index is 7170. The quantitative estimate of drug-likeness (QED) is 0.115. The van der Waals surface area contributed by atoms with Crippen LogP contribution in [-0.4, -0.2) is 28.7 Å². The van der Waals surface area contributed by atoms with E-state index in [9.17, 15) is 0 Å². The Kier molecular flexibility index (Phi) is 16.1. The fourth-order valence-corrected chi connectivity index (χ4v) is 18.1. The Labute approximate surface area is 657 Å². The second kappa shape index (κ2) is 27.3. The Morgan fingerprint density at radius 3 is 0.894 bits per heavy atom. The van der Waals surface area contributed by atoms with E-state index in [1.54, 1.807) is 0 Å². The first kappa shape index (κ1) is 66.7. The lowest BCUT2D eigenvalue weighted by molar-refractivity contribution is 1.18. The molecule has 0 saturated carbocycles. The molecule has 0 atom stereocenters. The average Bonchev–Trinajstić information content (AvgIpc) is 1.60. The molecule has 0 saturated heterocycles. The lowest BCUT2D eigenvalue weighted by Crippen LogP contribution is -2.01. The Morgan fingerprint density at radius 2 is 0.531 bits per heavy atom. The van der Waals surface area contributed by atoms with E-state index in [4.69, 9.17) is 15.0 Å². The van der Waals surface area contributed by atoms with Gasteiger partial charge in [0.25, 0.3) is 0 Å². The lowest BCUT2D eigenvalue weighted by Gasteiger charge is -2.21. The third-order valence-electron chi connectivity index (χ3n) is 22.4. The molecule has 7 aromatic heterocycles. The minimum absolute atomic E-state index is 0.0875. The minimum Gasteiger partial charge on any atom is -0.309 e. The first-order chi connectivity index (χ1) is 55.6. The van der Waals surface area contributed by atoms with Crippen LogP contribution in [0.2, 0.25) is 0 Å². The number of benzene rings is 14. The van der Waals surface area contributed by atoms with Crippen molar-refractivity contribution in [2.45, 2.75) is 20.8 Å². The predicted octanol–water partition coefficient (Wildman–Crippen LogP) is 27.3. The summed E-state index contributed by atoms with van der Waals surface area (Å²) < 4.78 is 7.93. The average molecular weight is 1460 g/mol. The zero-order valence-electron chi connectivity index (χ0n) is 62.2. The molecule has 0 unspecified atom stereocenters. The monoisotopic (exact) mass is 1460 g/mol. The molecule has 0 aliphatic heterocycles. The van der Waals surface area contributed by atoms with E-state index in [1.165, 1.54) is 60.3 Å². The summed E-state index contributed by atoms with van der Waals surface area (Å²) in [6.45, 7) is 6.49. The number of aromatic nitrogens is 6. The van der Waals surface area contributed by atoms with Crippen LogP contribution in [0.5, 0.6) is 0 Å². The standard InChI is InChI=1S/C105H70N6OS/c1-65-36-51-99-87(54-65)81-30-16-19-33-96(81)109(99)78-45-39-68(40-46-78)84-63-86(69-41-47-79(48-42-69)110-97-34-20-17-31-82(97)88-55-66(2)37-52-100(88)110)105-104(103(84)74-43-49-80(50-44-74)111-98-35-21-18-32-83(98)89-56-67(3)38-53-101(89)111)85(64-102(112)113-105)75-57-94(76-59-90(70-22-8-4-9-23-70)106-91(60-76)71-24-10-5-11-25-71)108-95(58-75)77-61-92(72-26-12-6-13-27-72)107-93(62-77)73-28-14-7-15-29-73/h4-64H,1-3H3. The van der Waals surface area contributed by atoms with Gasteiger partial charge in [-0.1, -0.05) is 259 Å². The number of rotatable bonds is 13. The van der Waals surface area contributed by atoms with Crippen molar-refractivity contribution in [2.75, 3.05) is 0 Å². The van der Waals surface area contributed by atoms with Crippen LogP contribution in [-0.2, 0) is 0 Å². The summed E-state index contributed by atoms with van der Waals surface area (Å²) in [4.78, 5) is 32.4. The van der Waals surface area contributed by atoms with E-state index in [2.05, 4.69) is 374 Å². The van der Waals surface area contributed by atoms with Crippen LogP contribution < -0.4 is 4.74 Å². The molecule has 0 bridgehead atoms. The Balaban J connectivity index is 0.866. The van der Waals surface area contributed by atoms with Crippen molar-refractivity contribution < 1.29 is 0 Å². The van der Waals surface area contributed by atoms with Gasteiger partial charge in [-0.15, -0.1) is 0 Å². The number of hydrogen-bond donors (Lipinski definition) is 0. The molecule has 7 nitrogen and oxygen atoms in total. The molecule has 113 heavy (non-hydrogen) atoms. The molecule has 8 heteroatoms. The molecule has 7 heterocycles. The zero-order valence-corrected chi connectivity index (χ0v) is 63.0. The summed E-state index contributed by atoms with van der Waals surface area (Å²) in [5.41, 5.74) is 31.3. The van der Waals surface area contributed by atoms with Crippen LogP contribution in [0, 0.1) is 20.8 Å². The maximum atomic E-state index is 15.8. The number of para-hydroxylation sites is 3. The maximum absolute atomic E-state index is 15.8. The normalized spacial score (nSPS) is 11.7. The number of hydrogen-bond acceptors (Lipinski definition) is 5. The molecule has 14 aromatic carbocycles. The van der Waals surface area contributed by atoms with Crippen LogP contribution >= 0.6 is 11.3 Å². The first-order valence-electron chi connectivity index (χ1n) is 38.4. The van der Waals surface area contributed by atoms with Crippen molar-refractivity contribution in [3.63, 3.8) is 0 Å². The van der Waals surface area contributed by atoms with Gasteiger partial charge < -0.3 is 13.7 Å². The van der Waals surface area contributed by atoms with Gasteiger partial charge in [-0.05, 0) is 193 Å². The molecule has 0 fully saturated rings. The summed E-state index contributed by atoms with van der Waals surface area (Å²) in [5, 5.41) is 8.18. The van der Waals surface area contributed by atoms with E-state index in [0.29, 0.717) is 11.4 Å². The molecule has 21 aromatic rings. The Hall–Kier alpha value is -14.4. The van der Waals surface area contributed by atoms with Gasteiger partial charge in [0.05, 0.1) is 67.3 Å². The highest BCUT2D eigenvalue weighted by atomic mass is 32.1. The number of aryl methyl sites for hydroxylation is 3. The summed E-state index contributed by atoms with van der Waals surface area (Å²) in [5.74, 6) is 0. The first-order valence-corrected chi connectivity index (χ1v) is 39.2. The molecule has 0 N–H and O–H groups in total. The second-order valence-corrected chi connectivity index (χ2v) is 30.6. The lowest BCUT2D eigenvalue weighted by atomic mass is 9.85. The van der Waals surface area contributed by atoms with E-state index < -0.39 is 0 Å². The van der Waals surface area contributed by atoms with E-state index in [-0.39, 0.29) is 4.74 Å². The third kappa shape index (κ3) is 11.7. The van der Waals surface area contributed by atoms with Gasteiger partial charge >= 0.3 is 0 Å². The molecular formula is C105H70N6OS. The number of pyridine rings is 3. The molecule has 0 aliphatic rings. The largest absolute Gasteiger partial charge is 0.309 e. The summed E-state index contributed by atoms with van der Waals surface area (Å²) in [6, 6.07) is 133. The van der Waals surface area contributed by atoms with Gasteiger partial charge in [0.15, 0.2) is 0 Å². The number of fused-ring (bicyclic) bond motifs is 10. The van der Waals surface area contributed by atoms with Crippen LogP contribution in [0.25, 0.3) is 205 Å². The van der Waals surface area contributed by atoms with Gasteiger partial charge in [0, 0.05) is 104 Å². The van der Waals surface area contributed by atoms with Gasteiger partial charge in [0.2, 0.25) is 4.74 Å².